The van der Waals surface area contributed by atoms with E-state index in [0.29, 0.717) is 11.4 Å². The van der Waals surface area contributed by atoms with E-state index >= 15 is 0 Å². The van der Waals surface area contributed by atoms with Crippen molar-refractivity contribution in [1.29, 1.82) is 0 Å². The van der Waals surface area contributed by atoms with Crippen molar-refractivity contribution in [2.75, 3.05) is 51.2 Å². The van der Waals surface area contributed by atoms with Gasteiger partial charge in [-0.25, -0.2) is 4.98 Å². The molecule has 1 aliphatic heterocycles. The summed E-state index contributed by atoms with van der Waals surface area (Å²) < 4.78 is 0. The molecule has 7 nitrogen and oxygen atoms in total. The molecule has 7 heteroatoms. The van der Waals surface area contributed by atoms with Crippen LogP contribution < -0.4 is 10.2 Å². The lowest BCUT2D eigenvalue weighted by Crippen LogP contribution is -2.46. The molecule has 0 unspecified atom stereocenters. The lowest BCUT2D eigenvalue weighted by Gasteiger charge is -2.29. The van der Waals surface area contributed by atoms with Crippen LogP contribution in [0.15, 0.2) is 12.3 Å². The maximum atomic E-state index is 10.9. The molecule has 1 aromatic rings. The van der Waals surface area contributed by atoms with Crippen molar-refractivity contribution >= 4 is 11.5 Å². The van der Waals surface area contributed by atoms with Crippen LogP contribution >= 0.6 is 0 Å². The van der Waals surface area contributed by atoms with Crippen molar-refractivity contribution in [3.8, 4) is 0 Å². The van der Waals surface area contributed by atoms with Gasteiger partial charge in [0.05, 0.1) is 11.0 Å². The molecule has 1 aliphatic rings. The van der Waals surface area contributed by atoms with Gasteiger partial charge in [0.25, 0.3) is 5.69 Å². The summed E-state index contributed by atoms with van der Waals surface area (Å²) in [7, 11) is 1.92. The maximum Gasteiger partial charge on any atom is 0.277 e. The fourth-order valence-corrected chi connectivity index (χ4v) is 2.25. The Morgan fingerprint density at radius 1 is 1.50 bits per heavy atom. The Morgan fingerprint density at radius 2 is 2.20 bits per heavy atom. The minimum atomic E-state index is -0.356. The van der Waals surface area contributed by atoms with Gasteiger partial charge in [-0.05, 0) is 6.92 Å². The van der Waals surface area contributed by atoms with Gasteiger partial charge < -0.3 is 10.2 Å². The van der Waals surface area contributed by atoms with E-state index in [1.54, 1.807) is 19.2 Å². The fourth-order valence-electron chi connectivity index (χ4n) is 2.25. The Balaban J connectivity index is 1.96. The topological polar surface area (TPSA) is 74.5 Å². The van der Waals surface area contributed by atoms with Crippen molar-refractivity contribution in [3.63, 3.8) is 0 Å². The van der Waals surface area contributed by atoms with Gasteiger partial charge in [-0.3, -0.25) is 15.0 Å². The minimum absolute atomic E-state index is 0.129. The Hall–Kier alpha value is -1.73. The first kappa shape index (κ1) is 14.7. The number of rotatable bonds is 5. The van der Waals surface area contributed by atoms with E-state index in [4.69, 9.17) is 0 Å². The summed E-state index contributed by atoms with van der Waals surface area (Å²) in [5, 5.41) is 14.3. The molecule has 0 radical (unpaired) electrons. The third-order valence-corrected chi connectivity index (χ3v) is 3.61. The van der Waals surface area contributed by atoms with Crippen LogP contribution in [-0.4, -0.2) is 61.1 Å². The van der Waals surface area contributed by atoms with Gasteiger partial charge in [0, 0.05) is 58.1 Å². The van der Waals surface area contributed by atoms with Crippen LogP contribution in [0.3, 0.4) is 0 Å². The lowest BCUT2D eigenvalue weighted by atomic mass is 10.2. The number of aromatic nitrogens is 1. The number of nitro groups is 1. The number of hydrogen-bond donors (Lipinski definition) is 1. The molecule has 0 spiro atoms. The van der Waals surface area contributed by atoms with Gasteiger partial charge in [-0.15, -0.1) is 0 Å². The first-order chi connectivity index (χ1) is 9.58. The summed E-state index contributed by atoms with van der Waals surface area (Å²) in [6.45, 7) is 7.62. The van der Waals surface area contributed by atoms with E-state index in [-0.39, 0.29) is 10.6 Å². The average molecular weight is 279 g/mol. The van der Waals surface area contributed by atoms with Crippen molar-refractivity contribution in [2.45, 2.75) is 6.92 Å². The quantitative estimate of drug-likeness (QED) is 0.630. The number of nitrogens with one attached hydrogen (secondary N) is 1. The molecule has 0 saturated carbocycles. The zero-order valence-electron chi connectivity index (χ0n) is 12.0. The second kappa shape index (κ2) is 6.62. The Bertz CT molecular complexity index is 474. The van der Waals surface area contributed by atoms with Gasteiger partial charge in [0.2, 0.25) is 0 Å². The number of pyridine rings is 1. The zero-order valence-corrected chi connectivity index (χ0v) is 12.0. The number of likely N-dealkylation sites (N-methyl/N-ethyl adjacent to an activating group) is 1. The van der Waals surface area contributed by atoms with Crippen molar-refractivity contribution in [3.05, 3.63) is 27.9 Å². The maximum absolute atomic E-state index is 10.9. The van der Waals surface area contributed by atoms with Gasteiger partial charge >= 0.3 is 0 Å². The Morgan fingerprint density at radius 3 is 2.85 bits per heavy atom. The predicted octanol–water partition coefficient (Wildman–Crippen LogP) is 0.640. The summed E-state index contributed by atoms with van der Waals surface area (Å²) in [4.78, 5) is 19.2. The van der Waals surface area contributed by atoms with E-state index in [9.17, 15) is 10.1 Å². The molecule has 2 rings (SSSR count). The van der Waals surface area contributed by atoms with E-state index in [0.717, 1.165) is 39.3 Å². The van der Waals surface area contributed by atoms with Crippen molar-refractivity contribution < 1.29 is 4.92 Å². The summed E-state index contributed by atoms with van der Waals surface area (Å²) >= 11 is 0. The third kappa shape index (κ3) is 3.64. The first-order valence-electron chi connectivity index (χ1n) is 6.83. The fraction of sp³-hybridized carbons (Fsp3) is 0.615. The number of nitrogens with zero attached hydrogens (tertiary/aromatic N) is 4. The standard InChI is InChI=1S/C13H21N5O2/c1-11-10-15-13(9-12(11)18(19)20)16(2)7-8-17-5-3-14-4-6-17/h9-10,14H,3-8H2,1-2H3. The SMILES string of the molecule is Cc1cnc(N(C)CCN2CCNCC2)cc1[N+](=O)[O-]. The predicted molar refractivity (Wildman–Crippen MR) is 78.2 cm³/mol. The molecule has 0 aromatic carbocycles. The van der Waals surface area contributed by atoms with Crippen LogP contribution in [0.1, 0.15) is 5.56 Å². The van der Waals surface area contributed by atoms with Crippen molar-refractivity contribution in [1.82, 2.24) is 15.2 Å². The molecule has 1 aromatic heterocycles. The zero-order chi connectivity index (χ0) is 14.5. The lowest BCUT2D eigenvalue weighted by molar-refractivity contribution is -0.385. The summed E-state index contributed by atoms with van der Waals surface area (Å²) in [6, 6.07) is 1.55. The van der Waals surface area contributed by atoms with Crippen LogP contribution in [0.4, 0.5) is 11.5 Å². The molecule has 1 fully saturated rings. The van der Waals surface area contributed by atoms with E-state index in [1.165, 1.54) is 0 Å². The monoisotopic (exact) mass is 279 g/mol. The number of piperazine rings is 1. The Labute approximate surface area is 118 Å². The molecule has 110 valence electrons. The van der Waals surface area contributed by atoms with Gasteiger partial charge in [0.1, 0.15) is 5.82 Å². The normalized spacial score (nSPS) is 16.1. The van der Waals surface area contributed by atoms with E-state index < -0.39 is 0 Å². The molecule has 1 saturated heterocycles. The largest absolute Gasteiger partial charge is 0.358 e. The van der Waals surface area contributed by atoms with Crippen LogP contribution in [0, 0.1) is 17.0 Å². The minimum Gasteiger partial charge on any atom is -0.358 e. The highest BCUT2D eigenvalue weighted by Crippen LogP contribution is 2.21. The summed E-state index contributed by atoms with van der Waals surface area (Å²) in [6.07, 6.45) is 1.56. The molecule has 2 heterocycles. The molecular formula is C13H21N5O2. The molecule has 0 amide bonds. The highest BCUT2D eigenvalue weighted by atomic mass is 16.6. The summed E-state index contributed by atoms with van der Waals surface area (Å²) in [5.74, 6) is 0.650. The van der Waals surface area contributed by atoms with Crippen LogP contribution in [-0.2, 0) is 0 Å². The highest BCUT2D eigenvalue weighted by molar-refractivity contribution is 5.50. The molecule has 0 aliphatic carbocycles. The van der Waals surface area contributed by atoms with Crippen LogP contribution in [0.25, 0.3) is 0 Å². The van der Waals surface area contributed by atoms with E-state index in [2.05, 4.69) is 15.2 Å². The van der Waals surface area contributed by atoms with Crippen molar-refractivity contribution in [2.24, 2.45) is 0 Å². The Kier molecular flexibility index (Phi) is 4.86. The van der Waals surface area contributed by atoms with Crippen LogP contribution in [0.2, 0.25) is 0 Å². The van der Waals surface area contributed by atoms with Crippen LogP contribution in [0.5, 0.6) is 0 Å². The number of anilines is 1. The molecule has 20 heavy (non-hydrogen) atoms. The average Bonchev–Trinajstić information content (AvgIpc) is 2.46. The molecule has 1 N–H and O–H groups in total. The first-order valence-corrected chi connectivity index (χ1v) is 6.83. The molecule has 0 bridgehead atoms. The summed E-state index contributed by atoms with van der Waals surface area (Å²) in [5.41, 5.74) is 0.721. The second-order valence-electron chi connectivity index (χ2n) is 5.10. The van der Waals surface area contributed by atoms with Gasteiger partial charge in [-0.1, -0.05) is 0 Å². The second-order valence-corrected chi connectivity index (χ2v) is 5.10. The van der Waals surface area contributed by atoms with Gasteiger partial charge in [0.15, 0.2) is 0 Å². The molecule has 0 atom stereocenters. The molecular weight excluding hydrogens is 258 g/mol. The highest BCUT2D eigenvalue weighted by Gasteiger charge is 2.15. The number of aryl methyl sites for hydroxylation is 1. The smallest absolute Gasteiger partial charge is 0.277 e. The van der Waals surface area contributed by atoms with Gasteiger partial charge in [-0.2, -0.15) is 0 Å². The third-order valence-electron chi connectivity index (χ3n) is 3.61. The van der Waals surface area contributed by atoms with E-state index in [1.807, 2.05) is 11.9 Å². The number of hydrogen-bond acceptors (Lipinski definition) is 6.